The fourth-order valence-corrected chi connectivity index (χ4v) is 6.60. The monoisotopic (exact) mass is 524 g/mol. The zero-order chi connectivity index (χ0) is 26.9. The lowest BCUT2D eigenvalue weighted by molar-refractivity contribution is 0.645. The van der Waals surface area contributed by atoms with Gasteiger partial charge in [-0.3, -0.25) is 4.57 Å². The molecule has 6 aromatic carbocycles. The summed E-state index contributed by atoms with van der Waals surface area (Å²) in [4.78, 5) is 0. The fourth-order valence-electron chi connectivity index (χ4n) is 6.60. The highest BCUT2D eigenvalue weighted by molar-refractivity contribution is 6.23. The van der Waals surface area contributed by atoms with Crippen molar-refractivity contribution in [2.24, 2.45) is 0 Å². The van der Waals surface area contributed by atoms with Crippen LogP contribution in [0.1, 0.15) is 0 Å². The second-order valence-electron chi connectivity index (χ2n) is 10.6. The average Bonchev–Trinajstić information content (AvgIpc) is 3.68. The Labute approximate surface area is 236 Å². The van der Waals surface area contributed by atoms with Crippen LogP contribution in [0.5, 0.6) is 0 Å². The molecule has 0 aliphatic carbocycles. The van der Waals surface area contributed by atoms with Crippen LogP contribution in [-0.2, 0) is 0 Å². The maximum absolute atomic E-state index is 6.62. The average molecular weight is 525 g/mol. The van der Waals surface area contributed by atoms with E-state index in [9.17, 15) is 0 Å². The van der Waals surface area contributed by atoms with Crippen molar-refractivity contribution in [3.8, 4) is 22.5 Å². The SMILES string of the molecule is c1ccc(-n2c3ccccc3c3c4c(-c5ccc(-n6c7ccccc7c7ccccc76)cc5)cccc4oc32)cc1. The number of aromatic nitrogens is 2. The van der Waals surface area contributed by atoms with Gasteiger partial charge in [0.25, 0.3) is 0 Å². The van der Waals surface area contributed by atoms with Gasteiger partial charge in [-0.15, -0.1) is 0 Å². The summed E-state index contributed by atoms with van der Waals surface area (Å²) in [6.45, 7) is 0. The summed E-state index contributed by atoms with van der Waals surface area (Å²) in [5.41, 5.74) is 9.93. The Morgan fingerprint density at radius 3 is 1.63 bits per heavy atom. The van der Waals surface area contributed by atoms with E-state index in [4.69, 9.17) is 4.42 Å². The highest BCUT2D eigenvalue weighted by Gasteiger charge is 2.21. The van der Waals surface area contributed by atoms with Crippen LogP contribution >= 0.6 is 0 Å². The molecule has 3 heterocycles. The molecule has 0 atom stereocenters. The molecule has 0 saturated heterocycles. The number of hydrogen-bond acceptors (Lipinski definition) is 1. The Kier molecular flexibility index (Phi) is 4.61. The third-order valence-electron chi connectivity index (χ3n) is 8.35. The lowest BCUT2D eigenvalue weighted by Crippen LogP contribution is -1.93. The predicted octanol–water partition coefficient (Wildman–Crippen LogP) is 10.3. The zero-order valence-electron chi connectivity index (χ0n) is 22.2. The smallest absolute Gasteiger partial charge is 0.213 e. The molecule has 3 aromatic heterocycles. The van der Waals surface area contributed by atoms with Crippen LogP contribution in [0.2, 0.25) is 0 Å². The molecule has 9 rings (SSSR count). The van der Waals surface area contributed by atoms with Gasteiger partial charge in [0, 0.05) is 32.9 Å². The van der Waals surface area contributed by atoms with Crippen LogP contribution in [0.25, 0.3) is 77.3 Å². The highest BCUT2D eigenvalue weighted by atomic mass is 16.3. The van der Waals surface area contributed by atoms with Crippen LogP contribution in [0.3, 0.4) is 0 Å². The topological polar surface area (TPSA) is 23.0 Å². The molecule has 3 nitrogen and oxygen atoms in total. The minimum atomic E-state index is 0.877. The number of para-hydroxylation sites is 4. The molecule has 3 heteroatoms. The maximum Gasteiger partial charge on any atom is 0.213 e. The Hall–Kier alpha value is -5.54. The van der Waals surface area contributed by atoms with Crippen LogP contribution in [0.15, 0.2) is 150 Å². The highest BCUT2D eigenvalue weighted by Crippen LogP contribution is 2.43. The Morgan fingerprint density at radius 1 is 0.390 bits per heavy atom. The molecule has 0 amide bonds. The first-order chi connectivity index (χ1) is 20.4. The predicted molar refractivity (Wildman–Crippen MR) is 170 cm³/mol. The minimum Gasteiger partial charge on any atom is -0.439 e. The Morgan fingerprint density at radius 2 is 0.951 bits per heavy atom. The molecule has 192 valence electrons. The van der Waals surface area contributed by atoms with Crippen LogP contribution in [0.4, 0.5) is 0 Å². The molecule has 41 heavy (non-hydrogen) atoms. The van der Waals surface area contributed by atoms with E-state index in [1.54, 1.807) is 0 Å². The molecule has 0 bridgehead atoms. The fraction of sp³-hybridized carbons (Fsp3) is 0. The summed E-state index contributed by atoms with van der Waals surface area (Å²) in [6.07, 6.45) is 0. The van der Waals surface area contributed by atoms with Gasteiger partial charge < -0.3 is 8.98 Å². The van der Waals surface area contributed by atoms with Gasteiger partial charge in [-0.2, -0.15) is 0 Å². The third-order valence-corrected chi connectivity index (χ3v) is 8.35. The first-order valence-corrected chi connectivity index (χ1v) is 14.0. The minimum absolute atomic E-state index is 0.877. The van der Waals surface area contributed by atoms with E-state index in [-0.39, 0.29) is 0 Å². The molecular weight excluding hydrogens is 500 g/mol. The summed E-state index contributed by atoms with van der Waals surface area (Å²) in [7, 11) is 0. The van der Waals surface area contributed by atoms with Gasteiger partial charge in [-0.1, -0.05) is 97.1 Å². The van der Waals surface area contributed by atoms with Crippen LogP contribution < -0.4 is 0 Å². The summed E-state index contributed by atoms with van der Waals surface area (Å²) in [6, 6.07) is 51.6. The van der Waals surface area contributed by atoms with Crippen molar-refractivity contribution >= 4 is 54.8 Å². The lowest BCUT2D eigenvalue weighted by Gasteiger charge is -2.10. The Balaban J connectivity index is 1.27. The molecule has 0 unspecified atom stereocenters. The van der Waals surface area contributed by atoms with Gasteiger partial charge in [0.1, 0.15) is 5.58 Å². The van der Waals surface area contributed by atoms with E-state index >= 15 is 0 Å². The van der Waals surface area contributed by atoms with E-state index in [0.29, 0.717) is 0 Å². The molecular formula is C38H24N2O. The molecule has 0 N–H and O–H groups in total. The number of nitrogens with zero attached hydrogens (tertiary/aromatic N) is 2. The van der Waals surface area contributed by atoms with Crippen molar-refractivity contribution in [2.75, 3.05) is 0 Å². The van der Waals surface area contributed by atoms with Gasteiger partial charge in [-0.05, 0) is 59.7 Å². The van der Waals surface area contributed by atoms with E-state index in [1.807, 2.05) is 6.07 Å². The van der Waals surface area contributed by atoms with Crippen LogP contribution in [0, 0.1) is 0 Å². The van der Waals surface area contributed by atoms with Gasteiger partial charge in [0.2, 0.25) is 5.71 Å². The van der Waals surface area contributed by atoms with Crippen molar-refractivity contribution in [3.63, 3.8) is 0 Å². The summed E-state index contributed by atoms with van der Waals surface area (Å²) in [5.74, 6) is 0. The van der Waals surface area contributed by atoms with Crippen molar-refractivity contribution in [1.29, 1.82) is 0 Å². The van der Waals surface area contributed by atoms with E-state index in [1.165, 1.54) is 38.3 Å². The summed E-state index contributed by atoms with van der Waals surface area (Å²) >= 11 is 0. The second-order valence-corrected chi connectivity index (χ2v) is 10.6. The lowest BCUT2D eigenvalue weighted by atomic mass is 9.99. The van der Waals surface area contributed by atoms with Crippen molar-refractivity contribution in [2.45, 2.75) is 0 Å². The largest absolute Gasteiger partial charge is 0.439 e. The van der Waals surface area contributed by atoms with E-state index < -0.39 is 0 Å². The number of hydrogen-bond donors (Lipinski definition) is 0. The first kappa shape index (κ1) is 22.3. The van der Waals surface area contributed by atoms with Crippen molar-refractivity contribution < 1.29 is 4.42 Å². The van der Waals surface area contributed by atoms with E-state index in [0.717, 1.165) is 39.0 Å². The van der Waals surface area contributed by atoms with Crippen molar-refractivity contribution in [1.82, 2.24) is 9.13 Å². The molecule has 0 spiro atoms. The molecule has 0 fully saturated rings. The molecule has 0 radical (unpaired) electrons. The quantitative estimate of drug-likeness (QED) is 0.225. The normalized spacial score (nSPS) is 11.9. The number of fused-ring (bicyclic) bond motifs is 8. The number of benzene rings is 6. The second kappa shape index (κ2) is 8.48. The number of furan rings is 1. The van der Waals surface area contributed by atoms with Crippen molar-refractivity contribution in [3.05, 3.63) is 146 Å². The number of rotatable bonds is 3. The van der Waals surface area contributed by atoms with Gasteiger partial charge >= 0.3 is 0 Å². The zero-order valence-corrected chi connectivity index (χ0v) is 22.2. The molecule has 0 aliphatic rings. The summed E-state index contributed by atoms with van der Waals surface area (Å²) in [5, 5.41) is 6.04. The summed E-state index contributed by atoms with van der Waals surface area (Å²) < 4.78 is 11.2. The molecule has 0 aliphatic heterocycles. The standard InChI is InChI=1S/C38H24N2O/c1-2-11-26(12-3-1)40-34-19-9-6-15-31(34)37-36-28(16-10-20-35(36)41-38(37)40)25-21-23-27(24-22-25)39-32-17-7-4-13-29(32)30-14-5-8-18-33(30)39/h1-24H. The Bertz CT molecular complexity index is 2350. The third kappa shape index (κ3) is 3.14. The van der Waals surface area contributed by atoms with Gasteiger partial charge in [0.05, 0.1) is 21.9 Å². The van der Waals surface area contributed by atoms with Gasteiger partial charge in [0.15, 0.2) is 0 Å². The van der Waals surface area contributed by atoms with E-state index in [2.05, 4.69) is 149 Å². The van der Waals surface area contributed by atoms with Gasteiger partial charge in [-0.25, -0.2) is 0 Å². The maximum atomic E-state index is 6.62. The first-order valence-electron chi connectivity index (χ1n) is 14.0. The molecule has 9 aromatic rings. The molecule has 0 saturated carbocycles. The van der Waals surface area contributed by atoms with Crippen LogP contribution in [-0.4, -0.2) is 9.13 Å².